The Labute approximate surface area is 178 Å². The van der Waals surface area contributed by atoms with Gasteiger partial charge in [0.15, 0.2) is 0 Å². The van der Waals surface area contributed by atoms with E-state index >= 15 is 0 Å². The van der Waals surface area contributed by atoms with E-state index in [1.165, 1.54) is 11.3 Å². The number of thiophene rings is 1. The average Bonchev–Trinajstić information content (AvgIpc) is 3.26. The molecule has 0 aliphatic carbocycles. The molecule has 6 nitrogen and oxygen atoms in total. The molecule has 3 aromatic rings. The Morgan fingerprint density at radius 3 is 2.43 bits per heavy atom. The van der Waals surface area contributed by atoms with Crippen molar-refractivity contribution in [3.8, 4) is 10.4 Å². The average molecular weight is 423 g/mol. The predicted octanol–water partition coefficient (Wildman–Crippen LogP) is 4.51. The number of hydrogen-bond donors (Lipinski definition) is 2. The van der Waals surface area contributed by atoms with Crippen LogP contribution in [0, 0.1) is 6.92 Å². The first-order chi connectivity index (χ1) is 14.5. The zero-order valence-corrected chi connectivity index (χ0v) is 17.4. The van der Waals surface area contributed by atoms with Crippen LogP contribution in [0.25, 0.3) is 10.4 Å². The summed E-state index contributed by atoms with van der Waals surface area (Å²) in [5.41, 5.74) is 4.26. The fraction of sp³-hybridized carbons (Fsp3) is 0.217. The third-order valence-corrected chi connectivity index (χ3v) is 6.19. The number of carboxylic acids is 1. The molecule has 1 aliphatic rings. The Hall–Kier alpha value is -3.16. The van der Waals surface area contributed by atoms with Gasteiger partial charge in [0.05, 0.1) is 13.2 Å². The van der Waals surface area contributed by atoms with Crippen LogP contribution in [-0.2, 0) is 4.74 Å². The molecule has 0 radical (unpaired) electrons. The highest BCUT2D eigenvalue weighted by atomic mass is 32.1. The van der Waals surface area contributed by atoms with Crippen LogP contribution in [0.15, 0.2) is 54.6 Å². The molecule has 2 N–H and O–H groups in total. The third kappa shape index (κ3) is 4.37. The number of morpholine rings is 1. The van der Waals surface area contributed by atoms with Gasteiger partial charge in [-0.3, -0.25) is 4.79 Å². The summed E-state index contributed by atoms with van der Waals surface area (Å²) in [6.45, 7) is 5.10. The molecule has 1 amide bonds. The summed E-state index contributed by atoms with van der Waals surface area (Å²) in [5, 5.41) is 12.1. The highest BCUT2D eigenvalue weighted by molar-refractivity contribution is 7.17. The largest absolute Gasteiger partial charge is 0.477 e. The topological polar surface area (TPSA) is 78.9 Å². The summed E-state index contributed by atoms with van der Waals surface area (Å²) >= 11 is 1.22. The number of hydrogen-bond acceptors (Lipinski definition) is 5. The number of aromatic carboxylic acids is 1. The number of benzene rings is 2. The van der Waals surface area contributed by atoms with Gasteiger partial charge in [-0.15, -0.1) is 11.3 Å². The molecule has 7 heteroatoms. The molecule has 154 valence electrons. The third-order valence-electron chi connectivity index (χ3n) is 5.08. The number of amides is 1. The van der Waals surface area contributed by atoms with Gasteiger partial charge in [0, 0.05) is 34.9 Å². The molecular weight excluding hydrogens is 400 g/mol. The Morgan fingerprint density at radius 2 is 1.77 bits per heavy atom. The van der Waals surface area contributed by atoms with E-state index in [4.69, 9.17) is 9.84 Å². The fourth-order valence-corrected chi connectivity index (χ4v) is 4.34. The number of carbonyl (C=O) groups is 2. The minimum Gasteiger partial charge on any atom is -0.477 e. The number of nitrogens with zero attached hydrogens (tertiary/aromatic N) is 1. The normalized spacial score (nSPS) is 13.8. The quantitative estimate of drug-likeness (QED) is 0.632. The molecule has 2 heterocycles. The monoisotopic (exact) mass is 422 g/mol. The van der Waals surface area contributed by atoms with E-state index in [1.54, 1.807) is 12.1 Å². The lowest BCUT2D eigenvalue weighted by Crippen LogP contribution is -2.36. The molecule has 0 atom stereocenters. The summed E-state index contributed by atoms with van der Waals surface area (Å²) in [6.07, 6.45) is 0. The van der Waals surface area contributed by atoms with Crippen molar-refractivity contribution in [1.29, 1.82) is 0 Å². The van der Waals surface area contributed by atoms with Crippen LogP contribution in [-0.4, -0.2) is 43.3 Å². The van der Waals surface area contributed by atoms with Crippen LogP contribution in [0.2, 0.25) is 0 Å². The molecule has 2 aromatic carbocycles. The van der Waals surface area contributed by atoms with Gasteiger partial charge in [-0.2, -0.15) is 0 Å². The van der Waals surface area contributed by atoms with Crippen LogP contribution in [0.5, 0.6) is 0 Å². The van der Waals surface area contributed by atoms with E-state index in [9.17, 15) is 9.59 Å². The van der Waals surface area contributed by atoms with Crippen molar-refractivity contribution in [2.45, 2.75) is 6.92 Å². The van der Waals surface area contributed by atoms with E-state index in [-0.39, 0.29) is 5.91 Å². The highest BCUT2D eigenvalue weighted by Gasteiger charge is 2.14. The molecule has 0 bridgehead atoms. The number of carbonyl (C=O) groups excluding carboxylic acids is 1. The molecule has 0 unspecified atom stereocenters. The van der Waals surface area contributed by atoms with E-state index in [1.807, 2.05) is 49.4 Å². The second kappa shape index (κ2) is 8.69. The molecule has 30 heavy (non-hydrogen) atoms. The molecular formula is C23H22N2O4S. The van der Waals surface area contributed by atoms with Crippen molar-refractivity contribution in [1.82, 2.24) is 0 Å². The lowest BCUT2D eigenvalue weighted by atomic mass is 10.1. The van der Waals surface area contributed by atoms with Crippen LogP contribution in [0.1, 0.15) is 25.6 Å². The second-order valence-electron chi connectivity index (χ2n) is 7.10. The lowest BCUT2D eigenvalue weighted by Gasteiger charge is -2.28. The van der Waals surface area contributed by atoms with Crippen molar-refractivity contribution < 1.29 is 19.4 Å². The minimum atomic E-state index is -0.936. The second-order valence-corrected chi connectivity index (χ2v) is 8.18. The number of carboxylic acid groups (broad SMARTS) is 1. The van der Waals surface area contributed by atoms with Crippen molar-refractivity contribution >= 4 is 34.6 Å². The van der Waals surface area contributed by atoms with E-state index in [0.717, 1.165) is 48.0 Å². The summed E-state index contributed by atoms with van der Waals surface area (Å²) in [6, 6.07) is 16.6. The summed E-state index contributed by atoms with van der Waals surface area (Å²) in [5.74, 6) is -1.12. The van der Waals surface area contributed by atoms with Gasteiger partial charge in [-0.05, 0) is 66.6 Å². The first-order valence-electron chi connectivity index (χ1n) is 9.69. The number of ether oxygens (including phenoxy) is 1. The number of rotatable bonds is 5. The van der Waals surface area contributed by atoms with Crippen molar-refractivity contribution in [3.05, 3.63) is 70.6 Å². The van der Waals surface area contributed by atoms with Crippen LogP contribution >= 0.6 is 11.3 Å². The number of nitrogens with one attached hydrogen (secondary N) is 1. The zero-order chi connectivity index (χ0) is 21.1. The SMILES string of the molecule is Cc1ccc(NC(=O)c2ccc(N3CCOCC3)cc2)cc1-c1ccc(C(=O)O)s1. The number of aryl methyl sites for hydroxylation is 1. The molecule has 0 saturated carbocycles. The number of anilines is 2. The van der Waals surface area contributed by atoms with Gasteiger partial charge in [0.25, 0.3) is 5.91 Å². The maximum atomic E-state index is 12.7. The fourth-order valence-electron chi connectivity index (χ4n) is 3.41. The van der Waals surface area contributed by atoms with Crippen LogP contribution in [0.4, 0.5) is 11.4 Å². The maximum absolute atomic E-state index is 12.7. The summed E-state index contributed by atoms with van der Waals surface area (Å²) < 4.78 is 5.38. The van der Waals surface area contributed by atoms with Gasteiger partial charge < -0.3 is 20.1 Å². The van der Waals surface area contributed by atoms with E-state index < -0.39 is 5.97 Å². The van der Waals surface area contributed by atoms with Gasteiger partial charge in [0.1, 0.15) is 4.88 Å². The standard InChI is InChI=1S/C23H22N2O4S/c1-15-2-5-17(14-19(15)20-8-9-21(30-20)23(27)28)24-22(26)16-3-6-18(7-4-16)25-10-12-29-13-11-25/h2-9,14H,10-13H2,1H3,(H,24,26)(H,27,28). The first-order valence-corrected chi connectivity index (χ1v) is 10.5. The Kier molecular flexibility index (Phi) is 5.83. The van der Waals surface area contributed by atoms with Gasteiger partial charge >= 0.3 is 5.97 Å². The zero-order valence-electron chi connectivity index (χ0n) is 16.6. The molecule has 4 rings (SSSR count). The maximum Gasteiger partial charge on any atom is 0.345 e. The molecule has 0 spiro atoms. The molecule has 1 aliphatic heterocycles. The lowest BCUT2D eigenvalue weighted by molar-refractivity contribution is 0.0702. The Morgan fingerprint density at radius 1 is 1.03 bits per heavy atom. The minimum absolute atomic E-state index is 0.185. The van der Waals surface area contributed by atoms with Gasteiger partial charge in [0.2, 0.25) is 0 Å². The van der Waals surface area contributed by atoms with Gasteiger partial charge in [-0.1, -0.05) is 6.07 Å². The van der Waals surface area contributed by atoms with E-state index in [0.29, 0.717) is 16.1 Å². The summed E-state index contributed by atoms with van der Waals surface area (Å²) in [4.78, 5) is 27.3. The molecule has 1 saturated heterocycles. The first kappa shape index (κ1) is 20.1. The molecule has 1 aromatic heterocycles. The Balaban J connectivity index is 1.49. The molecule has 1 fully saturated rings. The van der Waals surface area contributed by atoms with Crippen LogP contribution in [0.3, 0.4) is 0 Å². The van der Waals surface area contributed by atoms with Crippen molar-refractivity contribution in [2.75, 3.05) is 36.5 Å². The van der Waals surface area contributed by atoms with E-state index in [2.05, 4.69) is 10.2 Å². The van der Waals surface area contributed by atoms with Crippen molar-refractivity contribution in [3.63, 3.8) is 0 Å². The predicted molar refractivity (Wildman–Crippen MR) is 119 cm³/mol. The Bertz CT molecular complexity index is 1070. The van der Waals surface area contributed by atoms with Crippen LogP contribution < -0.4 is 10.2 Å². The van der Waals surface area contributed by atoms with Crippen molar-refractivity contribution in [2.24, 2.45) is 0 Å². The highest BCUT2D eigenvalue weighted by Crippen LogP contribution is 2.32. The van der Waals surface area contributed by atoms with Gasteiger partial charge in [-0.25, -0.2) is 4.79 Å². The smallest absolute Gasteiger partial charge is 0.345 e. The summed E-state index contributed by atoms with van der Waals surface area (Å²) in [7, 11) is 0.